The van der Waals surface area contributed by atoms with Crippen molar-refractivity contribution in [3.8, 4) is 11.5 Å². The summed E-state index contributed by atoms with van der Waals surface area (Å²) in [5.74, 6) is 2.09. The summed E-state index contributed by atoms with van der Waals surface area (Å²) in [7, 11) is 0. The first-order valence-electron chi connectivity index (χ1n) is 4.79. The van der Waals surface area contributed by atoms with E-state index in [0.717, 1.165) is 17.1 Å². The first-order valence-corrected chi connectivity index (χ1v) is 4.79. The van der Waals surface area contributed by atoms with Crippen LogP contribution in [0.4, 0.5) is 0 Å². The normalized spacial score (nSPS) is 22.4. The molecule has 3 rings (SSSR count). The minimum atomic E-state index is 0.152. The average Bonchev–Trinajstić information content (AvgIpc) is 2.84. The molecular formula is C10H11N3O2. The van der Waals surface area contributed by atoms with Crippen LogP contribution in [0.3, 0.4) is 0 Å². The Hall–Kier alpha value is -1.91. The van der Waals surface area contributed by atoms with E-state index in [1.807, 2.05) is 18.2 Å². The van der Waals surface area contributed by atoms with Crippen LogP contribution in [-0.2, 0) is 0 Å². The number of aliphatic imine (C=N–C) groups is 1. The van der Waals surface area contributed by atoms with Gasteiger partial charge in [0.1, 0.15) is 0 Å². The SMILES string of the molecule is NC1=NCC(c2ccc3c(c2)OCO3)N1. The number of fused-ring (bicyclic) bond motifs is 1. The fourth-order valence-corrected chi connectivity index (χ4v) is 1.78. The molecule has 15 heavy (non-hydrogen) atoms. The first-order chi connectivity index (χ1) is 7.33. The van der Waals surface area contributed by atoms with Gasteiger partial charge in [-0.15, -0.1) is 0 Å². The van der Waals surface area contributed by atoms with Crippen molar-refractivity contribution in [3.63, 3.8) is 0 Å². The number of benzene rings is 1. The number of nitrogens with one attached hydrogen (secondary N) is 1. The maximum absolute atomic E-state index is 5.56. The number of ether oxygens (including phenoxy) is 2. The Labute approximate surface area is 86.9 Å². The van der Waals surface area contributed by atoms with Gasteiger partial charge >= 0.3 is 0 Å². The fraction of sp³-hybridized carbons (Fsp3) is 0.300. The molecule has 2 heterocycles. The van der Waals surface area contributed by atoms with Gasteiger partial charge in [0.15, 0.2) is 17.5 Å². The van der Waals surface area contributed by atoms with Crippen LogP contribution in [0.1, 0.15) is 11.6 Å². The number of rotatable bonds is 1. The largest absolute Gasteiger partial charge is 0.454 e. The number of nitrogens with zero attached hydrogens (tertiary/aromatic N) is 1. The molecule has 1 unspecified atom stereocenters. The van der Waals surface area contributed by atoms with Gasteiger partial charge < -0.3 is 20.5 Å². The highest BCUT2D eigenvalue weighted by Crippen LogP contribution is 2.34. The summed E-state index contributed by atoms with van der Waals surface area (Å²) in [6.07, 6.45) is 0. The van der Waals surface area contributed by atoms with Crippen LogP contribution < -0.4 is 20.5 Å². The van der Waals surface area contributed by atoms with Crippen molar-refractivity contribution in [1.29, 1.82) is 0 Å². The summed E-state index contributed by atoms with van der Waals surface area (Å²) in [6, 6.07) is 6.03. The monoisotopic (exact) mass is 205 g/mol. The van der Waals surface area contributed by atoms with Crippen LogP contribution >= 0.6 is 0 Å². The van der Waals surface area contributed by atoms with Crippen LogP contribution in [-0.4, -0.2) is 19.3 Å². The highest BCUT2D eigenvalue weighted by molar-refractivity contribution is 5.80. The molecule has 0 aromatic heterocycles. The van der Waals surface area contributed by atoms with E-state index in [1.165, 1.54) is 0 Å². The van der Waals surface area contributed by atoms with Gasteiger partial charge in [-0.3, -0.25) is 4.99 Å². The summed E-state index contributed by atoms with van der Waals surface area (Å²) in [5.41, 5.74) is 6.67. The van der Waals surface area contributed by atoms with E-state index in [2.05, 4.69) is 10.3 Å². The van der Waals surface area contributed by atoms with E-state index in [1.54, 1.807) is 0 Å². The van der Waals surface area contributed by atoms with Crippen LogP contribution in [0.5, 0.6) is 11.5 Å². The Morgan fingerprint density at radius 3 is 3.00 bits per heavy atom. The van der Waals surface area contributed by atoms with Crippen molar-refractivity contribution in [3.05, 3.63) is 23.8 Å². The first kappa shape index (κ1) is 8.40. The zero-order chi connectivity index (χ0) is 10.3. The Bertz CT molecular complexity index is 431. The van der Waals surface area contributed by atoms with Crippen LogP contribution in [0.25, 0.3) is 0 Å². The van der Waals surface area contributed by atoms with Crippen molar-refractivity contribution in [1.82, 2.24) is 5.32 Å². The molecular weight excluding hydrogens is 194 g/mol. The Morgan fingerprint density at radius 2 is 2.20 bits per heavy atom. The average molecular weight is 205 g/mol. The number of nitrogens with two attached hydrogens (primary N) is 1. The van der Waals surface area contributed by atoms with Crippen molar-refractivity contribution in [2.24, 2.45) is 10.7 Å². The summed E-state index contributed by atoms with van der Waals surface area (Å²) < 4.78 is 10.5. The molecule has 1 aromatic carbocycles. The Balaban J connectivity index is 1.88. The van der Waals surface area contributed by atoms with Gasteiger partial charge in [0.2, 0.25) is 6.79 Å². The highest BCUT2D eigenvalue weighted by atomic mass is 16.7. The lowest BCUT2D eigenvalue weighted by Gasteiger charge is -2.11. The van der Waals surface area contributed by atoms with E-state index in [4.69, 9.17) is 15.2 Å². The predicted octanol–water partition coefficient (Wildman–Crippen LogP) is 0.374. The lowest BCUT2D eigenvalue weighted by atomic mass is 10.1. The summed E-state index contributed by atoms with van der Waals surface area (Å²) >= 11 is 0. The summed E-state index contributed by atoms with van der Waals surface area (Å²) in [6.45, 7) is 0.973. The van der Waals surface area contributed by atoms with E-state index in [9.17, 15) is 0 Å². The second-order valence-corrected chi connectivity index (χ2v) is 3.54. The van der Waals surface area contributed by atoms with Gasteiger partial charge in [0, 0.05) is 0 Å². The molecule has 1 aromatic rings. The Morgan fingerprint density at radius 1 is 1.33 bits per heavy atom. The molecule has 0 saturated carbocycles. The molecule has 5 nitrogen and oxygen atoms in total. The van der Waals surface area contributed by atoms with Crippen molar-refractivity contribution >= 4 is 5.96 Å². The number of guanidine groups is 1. The van der Waals surface area contributed by atoms with Gasteiger partial charge in [0.05, 0.1) is 12.6 Å². The van der Waals surface area contributed by atoms with E-state index >= 15 is 0 Å². The Kier molecular flexibility index (Phi) is 1.71. The maximum Gasteiger partial charge on any atom is 0.231 e. The fourth-order valence-electron chi connectivity index (χ4n) is 1.78. The van der Waals surface area contributed by atoms with Gasteiger partial charge in [-0.05, 0) is 17.7 Å². The zero-order valence-corrected chi connectivity index (χ0v) is 8.06. The minimum absolute atomic E-state index is 0.152. The van der Waals surface area contributed by atoms with Gasteiger partial charge in [-0.25, -0.2) is 0 Å². The molecule has 0 saturated heterocycles. The van der Waals surface area contributed by atoms with Crippen LogP contribution in [0, 0.1) is 0 Å². The molecule has 0 amide bonds. The molecule has 2 aliphatic rings. The van der Waals surface area contributed by atoms with Crippen molar-refractivity contribution in [2.45, 2.75) is 6.04 Å². The number of hydrogen-bond donors (Lipinski definition) is 2. The standard InChI is InChI=1S/C10H11N3O2/c11-10-12-4-7(13-10)6-1-2-8-9(3-6)15-5-14-8/h1-3,7H,4-5H2,(H3,11,12,13). The van der Waals surface area contributed by atoms with Gasteiger partial charge in [-0.1, -0.05) is 6.07 Å². The van der Waals surface area contributed by atoms with Crippen molar-refractivity contribution in [2.75, 3.05) is 13.3 Å². The second-order valence-electron chi connectivity index (χ2n) is 3.54. The third kappa shape index (κ3) is 1.36. The molecule has 78 valence electrons. The van der Waals surface area contributed by atoms with E-state index in [-0.39, 0.29) is 6.04 Å². The smallest absolute Gasteiger partial charge is 0.231 e. The third-order valence-corrected chi connectivity index (χ3v) is 2.57. The highest BCUT2D eigenvalue weighted by Gasteiger charge is 2.20. The molecule has 0 radical (unpaired) electrons. The van der Waals surface area contributed by atoms with Gasteiger partial charge in [-0.2, -0.15) is 0 Å². The lowest BCUT2D eigenvalue weighted by Crippen LogP contribution is -2.29. The topological polar surface area (TPSA) is 68.9 Å². The minimum Gasteiger partial charge on any atom is -0.454 e. The lowest BCUT2D eigenvalue weighted by molar-refractivity contribution is 0.174. The molecule has 0 fully saturated rings. The predicted molar refractivity (Wildman–Crippen MR) is 54.9 cm³/mol. The second kappa shape index (κ2) is 3.05. The quantitative estimate of drug-likeness (QED) is 0.695. The molecule has 0 aliphatic carbocycles. The number of hydrogen-bond acceptors (Lipinski definition) is 5. The summed E-state index contributed by atoms with van der Waals surface area (Å²) in [4.78, 5) is 4.10. The van der Waals surface area contributed by atoms with E-state index in [0.29, 0.717) is 19.3 Å². The molecule has 2 aliphatic heterocycles. The van der Waals surface area contributed by atoms with Crippen LogP contribution in [0.2, 0.25) is 0 Å². The summed E-state index contributed by atoms with van der Waals surface area (Å²) in [5, 5.41) is 3.09. The molecule has 5 heteroatoms. The molecule has 0 bridgehead atoms. The van der Waals surface area contributed by atoms with E-state index < -0.39 is 0 Å². The molecule has 3 N–H and O–H groups in total. The third-order valence-electron chi connectivity index (χ3n) is 2.57. The molecule has 1 atom stereocenters. The van der Waals surface area contributed by atoms with Crippen molar-refractivity contribution < 1.29 is 9.47 Å². The zero-order valence-electron chi connectivity index (χ0n) is 8.06. The maximum atomic E-state index is 5.56. The molecule has 0 spiro atoms. The van der Waals surface area contributed by atoms with Crippen LogP contribution in [0.15, 0.2) is 23.2 Å². The van der Waals surface area contributed by atoms with Gasteiger partial charge in [0.25, 0.3) is 0 Å².